The molecule has 4 heteroatoms. The van der Waals surface area contributed by atoms with Gasteiger partial charge in [0.1, 0.15) is 5.54 Å². The first kappa shape index (κ1) is 16.7. The lowest BCUT2D eigenvalue weighted by Crippen LogP contribution is -2.45. The minimum atomic E-state index is -0.281. The van der Waals surface area contributed by atoms with Gasteiger partial charge in [-0.05, 0) is 71.6 Å². The van der Waals surface area contributed by atoms with Crippen LogP contribution in [0.4, 0.5) is 0 Å². The normalized spacial score (nSPS) is 22.4. The van der Waals surface area contributed by atoms with Gasteiger partial charge in [-0.2, -0.15) is 5.26 Å². The smallest absolute Gasteiger partial charge is 0.106 e. The van der Waals surface area contributed by atoms with Gasteiger partial charge < -0.3 is 9.80 Å². The molecule has 0 bridgehead atoms. The second-order valence-corrected chi connectivity index (χ2v) is 6.92. The van der Waals surface area contributed by atoms with E-state index in [0.717, 1.165) is 32.4 Å². The van der Waals surface area contributed by atoms with Gasteiger partial charge in [-0.3, -0.25) is 5.32 Å². The highest BCUT2D eigenvalue weighted by atomic mass is 15.2. The van der Waals surface area contributed by atoms with E-state index in [0.29, 0.717) is 6.04 Å². The first-order chi connectivity index (χ1) is 10.2. The largest absolute Gasteiger partial charge is 0.305 e. The van der Waals surface area contributed by atoms with Crippen molar-refractivity contribution in [2.45, 2.75) is 63.5 Å². The standard InChI is InChI=1S/C17H32N4/c1-3-17(15-18,19-16-7-8-16)9-6-10-20(2)13-14-21-11-4-5-12-21/h16,19H,3-14H2,1-2H3. The number of rotatable bonds is 10. The first-order valence-electron chi connectivity index (χ1n) is 8.77. The molecule has 1 atom stereocenters. The number of hydrogen-bond donors (Lipinski definition) is 1. The van der Waals surface area contributed by atoms with Crippen molar-refractivity contribution in [2.75, 3.05) is 39.8 Å². The van der Waals surface area contributed by atoms with Crippen LogP contribution in [0, 0.1) is 11.3 Å². The molecule has 2 fully saturated rings. The number of nitrogens with zero attached hydrogens (tertiary/aromatic N) is 3. The van der Waals surface area contributed by atoms with Crippen LogP contribution in [-0.4, -0.2) is 61.2 Å². The van der Waals surface area contributed by atoms with E-state index >= 15 is 0 Å². The zero-order chi connectivity index (χ0) is 15.1. The Hall–Kier alpha value is -0.630. The quantitative estimate of drug-likeness (QED) is 0.670. The van der Waals surface area contributed by atoms with E-state index in [2.05, 4.69) is 35.2 Å². The summed E-state index contributed by atoms with van der Waals surface area (Å²) in [4.78, 5) is 4.99. The third kappa shape index (κ3) is 5.58. The number of hydrogen-bond acceptors (Lipinski definition) is 4. The summed E-state index contributed by atoms with van der Waals surface area (Å²) < 4.78 is 0. The van der Waals surface area contributed by atoms with Crippen LogP contribution in [0.25, 0.3) is 0 Å². The number of nitrogens with one attached hydrogen (secondary N) is 1. The maximum Gasteiger partial charge on any atom is 0.106 e. The van der Waals surface area contributed by atoms with Gasteiger partial charge in [-0.1, -0.05) is 6.92 Å². The molecular formula is C17H32N4. The Morgan fingerprint density at radius 3 is 2.57 bits per heavy atom. The molecule has 1 N–H and O–H groups in total. The number of likely N-dealkylation sites (tertiary alicyclic amines) is 1. The fourth-order valence-electron chi connectivity index (χ4n) is 3.22. The average Bonchev–Trinajstić information content (AvgIpc) is 3.15. The van der Waals surface area contributed by atoms with E-state index in [9.17, 15) is 5.26 Å². The molecule has 1 saturated carbocycles. The van der Waals surface area contributed by atoms with Crippen molar-refractivity contribution in [3.8, 4) is 6.07 Å². The summed E-state index contributed by atoms with van der Waals surface area (Å²) in [6, 6.07) is 3.16. The zero-order valence-electron chi connectivity index (χ0n) is 13.9. The van der Waals surface area contributed by atoms with Gasteiger partial charge in [0.25, 0.3) is 0 Å². The fraction of sp³-hybridized carbons (Fsp3) is 0.941. The van der Waals surface area contributed by atoms with Gasteiger partial charge in [0.15, 0.2) is 0 Å². The molecule has 0 aromatic heterocycles. The van der Waals surface area contributed by atoms with Crippen LogP contribution in [0.3, 0.4) is 0 Å². The zero-order valence-corrected chi connectivity index (χ0v) is 13.9. The first-order valence-corrected chi connectivity index (χ1v) is 8.77. The summed E-state index contributed by atoms with van der Waals surface area (Å²) in [7, 11) is 2.21. The Morgan fingerprint density at radius 1 is 1.29 bits per heavy atom. The van der Waals surface area contributed by atoms with E-state index < -0.39 is 0 Å². The van der Waals surface area contributed by atoms with Crippen molar-refractivity contribution in [3.63, 3.8) is 0 Å². The summed E-state index contributed by atoms with van der Waals surface area (Å²) in [5.74, 6) is 0. The summed E-state index contributed by atoms with van der Waals surface area (Å²) >= 11 is 0. The molecule has 2 rings (SSSR count). The summed E-state index contributed by atoms with van der Waals surface area (Å²) in [6.45, 7) is 8.16. The molecule has 0 aromatic carbocycles. The van der Waals surface area contributed by atoms with Crippen LogP contribution < -0.4 is 5.32 Å². The van der Waals surface area contributed by atoms with Gasteiger partial charge in [-0.15, -0.1) is 0 Å². The maximum absolute atomic E-state index is 9.53. The molecule has 1 unspecified atom stereocenters. The van der Waals surface area contributed by atoms with E-state index in [1.807, 2.05) is 0 Å². The van der Waals surface area contributed by atoms with Crippen molar-refractivity contribution < 1.29 is 0 Å². The predicted octanol–water partition coefficient (Wildman–Crippen LogP) is 2.22. The molecule has 4 nitrogen and oxygen atoms in total. The molecule has 1 heterocycles. The van der Waals surface area contributed by atoms with Gasteiger partial charge >= 0.3 is 0 Å². The third-order valence-corrected chi connectivity index (χ3v) is 5.02. The molecule has 21 heavy (non-hydrogen) atoms. The number of likely N-dealkylation sites (N-methyl/N-ethyl adjacent to an activating group) is 1. The highest BCUT2D eigenvalue weighted by Gasteiger charge is 2.34. The Labute approximate surface area is 130 Å². The van der Waals surface area contributed by atoms with Crippen LogP contribution >= 0.6 is 0 Å². The predicted molar refractivity (Wildman–Crippen MR) is 87.2 cm³/mol. The van der Waals surface area contributed by atoms with E-state index in [1.54, 1.807) is 0 Å². The van der Waals surface area contributed by atoms with Crippen LogP contribution in [0.5, 0.6) is 0 Å². The van der Waals surface area contributed by atoms with Crippen molar-refractivity contribution >= 4 is 0 Å². The summed E-state index contributed by atoms with van der Waals surface area (Å²) in [6.07, 6.45) is 8.24. The molecule has 0 amide bonds. The van der Waals surface area contributed by atoms with Crippen molar-refractivity contribution in [3.05, 3.63) is 0 Å². The molecule has 2 aliphatic rings. The van der Waals surface area contributed by atoms with Crippen molar-refractivity contribution in [2.24, 2.45) is 0 Å². The van der Waals surface area contributed by atoms with Crippen LogP contribution in [0.15, 0.2) is 0 Å². The highest BCUT2D eigenvalue weighted by molar-refractivity contribution is 5.09. The lowest BCUT2D eigenvalue weighted by molar-refractivity contribution is 0.245. The van der Waals surface area contributed by atoms with Gasteiger partial charge in [0.05, 0.1) is 6.07 Å². The Bertz CT molecular complexity index is 341. The van der Waals surface area contributed by atoms with Crippen LogP contribution in [0.2, 0.25) is 0 Å². The fourth-order valence-corrected chi connectivity index (χ4v) is 3.22. The van der Waals surface area contributed by atoms with Crippen molar-refractivity contribution in [1.29, 1.82) is 5.26 Å². The molecule has 1 saturated heterocycles. The van der Waals surface area contributed by atoms with Crippen LogP contribution in [0.1, 0.15) is 51.9 Å². The van der Waals surface area contributed by atoms with Crippen LogP contribution in [-0.2, 0) is 0 Å². The lowest BCUT2D eigenvalue weighted by Gasteiger charge is -2.28. The second-order valence-electron chi connectivity index (χ2n) is 6.92. The Kier molecular flexibility index (Phi) is 6.47. The van der Waals surface area contributed by atoms with E-state index in [4.69, 9.17) is 0 Å². The molecule has 1 aliphatic carbocycles. The molecular weight excluding hydrogens is 260 g/mol. The van der Waals surface area contributed by atoms with E-state index in [-0.39, 0.29) is 5.54 Å². The lowest BCUT2D eigenvalue weighted by atomic mass is 9.91. The SMILES string of the molecule is CCC(C#N)(CCCN(C)CCN1CCCC1)NC1CC1. The van der Waals surface area contributed by atoms with Gasteiger partial charge in [-0.25, -0.2) is 0 Å². The maximum atomic E-state index is 9.53. The summed E-state index contributed by atoms with van der Waals surface area (Å²) in [5, 5.41) is 13.1. The molecule has 0 aromatic rings. The Morgan fingerprint density at radius 2 is 2.00 bits per heavy atom. The van der Waals surface area contributed by atoms with Gasteiger partial charge in [0.2, 0.25) is 0 Å². The monoisotopic (exact) mass is 292 g/mol. The highest BCUT2D eigenvalue weighted by Crippen LogP contribution is 2.26. The Balaban J connectivity index is 1.62. The van der Waals surface area contributed by atoms with Crippen molar-refractivity contribution in [1.82, 2.24) is 15.1 Å². The second kappa shape index (κ2) is 8.12. The summed E-state index contributed by atoms with van der Waals surface area (Å²) in [5.41, 5.74) is -0.281. The van der Waals surface area contributed by atoms with E-state index in [1.165, 1.54) is 45.3 Å². The minimum Gasteiger partial charge on any atom is -0.305 e. The van der Waals surface area contributed by atoms with Gasteiger partial charge in [0, 0.05) is 19.1 Å². The average molecular weight is 292 g/mol. The molecule has 1 aliphatic heterocycles. The topological polar surface area (TPSA) is 42.3 Å². The third-order valence-electron chi connectivity index (χ3n) is 5.02. The minimum absolute atomic E-state index is 0.281. The molecule has 120 valence electrons. The number of nitriles is 1. The molecule has 0 spiro atoms. The molecule has 0 radical (unpaired) electrons.